The third-order valence-electron chi connectivity index (χ3n) is 3.14. The lowest BCUT2D eigenvalue weighted by Gasteiger charge is -2.11. The first-order chi connectivity index (χ1) is 11.2. The van der Waals surface area contributed by atoms with Crippen LogP contribution < -0.4 is 10.2 Å². The average Bonchev–Trinajstić information content (AvgIpc) is 3.07. The van der Waals surface area contributed by atoms with Crippen LogP contribution in [0.2, 0.25) is 0 Å². The predicted octanol–water partition coefficient (Wildman–Crippen LogP) is 2.64. The molecule has 0 spiro atoms. The van der Waals surface area contributed by atoms with Crippen LogP contribution in [0.4, 0.5) is 0 Å². The molecular formula is C17H20N2O4. The first-order valence-electron chi connectivity index (χ1n) is 7.45. The molecular weight excluding hydrogens is 296 g/mol. The van der Waals surface area contributed by atoms with Gasteiger partial charge >= 0.3 is 0 Å². The number of carbonyl (C=O) groups excluding carboxylic acids is 1. The molecule has 0 aliphatic heterocycles. The summed E-state index contributed by atoms with van der Waals surface area (Å²) < 4.78 is 10.4. The Balaban J connectivity index is 1.74. The molecule has 2 N–H and O–H groups in total. The van der Waals surface area contributed by atoms with Crippen LogP contribution >= 0.6 is 0 Å². The summed E-state index contributed by atoms with van der Waals surface area (Å²) in [4.78, 5) is 11.7. The van der Waals surface area contributed by atoms with E-state index in [0.29, 0.717) is 18.8 Å². The topological polar surface area (TPSA) is 84.1 Å². The highest BCUT2D eigenvalue weighted by Crippen LogP contribution is 2.21. The minimum atomic E-state index is -0.703. The van der Waals surface area contributed by atoms with Crippen LogP contribution in [-0.4, -0.2) is 23.8 Å². The molecule has 0 aliphatic carbocycles. The molecule has 0 saturated heterocycles. The van der Waals surface area contributed by atoms with Gasteiger partial charge in [0.1, 0.15) is 11.5 Å². The summed E-state index contributed by atoms with van der Waals surface area (Å²) in [7, 11) is 0. The average molecular weight is 316 g/mol. The normalized spacial score (nSPS) is 12.3. The maximum Gasteiger partial charge on any atom is 0.240 e. The summed E-state index contributed by atoms with van der Waals surface area (Å²) in [6, 6.07) is 10.7. The minimum absolute atomic E-state index is 0.171. The van der Waals surface area contributed by atoms with Crippen LogP contribution in [-0.2, 0) is 4.79 Å². The fourth-order valence-corrected chi connectivity index (χ4v) is 1.98. The second-order valence-electron chi connectivity index (χ2n) is 4.87. The lowest BCUT2D eigenvalue weighted by Crippen LogP contribution is -2.18. The summed E-state index contributed by atoms with van der Waals surface area (Å²) in [5, 5.41) is 13.9. The first kappa shape index (κ1) is 16.8. The molecule has 1 aromatic heterocycles. The quantitative estimate of drug-likeness (QED) is 0.579. The van der Waals surface area contributed by atoms with Crippen molar-refractivity contribution < 1.29 is 19.1 Å². The number of hydrogen-bond donors (Lipinski definition) is 2. The van der Waals surface area contributed by atoms with Crippen molar-refractivity contribution in [2.45, 2.75) is 25.9 Å². The fourth-order valence-electron chi connectivity index (χ4n) is 1.98. The van der Waals surface area contributed by atoms with E-state index >= 15 is 0 Å². The van der Waals surface area contributed by atoms with E-state index in [9.17, 15) is 9.90 Å². The Morgan fingerprint density at radius 2 is 2.17 bits per heavy atom. The van der Waals surface area contributed by atoms with E-state index in [1.165, 1.54) is 12.5 Å². The van der Waals surface area contributed by atoms with Crippen LogP contribution in [0.3, 0.4) is 0 Å². The molecule has 0 fully saturated rings. The number of furan rings is 1. The number of carbonyl (C=O) groups is 1. The molecule has 1 heterocycles. The van der Waals surface area contributed by atoms with Gasteiger partial charge in [0, 0.05) is 6.42 Å². The van der Waals surface area contributed by atoms with Crippen molar-refractivity contribution in [3.05, 3.63) is 54.0 Å². The van der Waals surface area contributed by atoms with Gasteiger partial charge in [-0.1, -0.05) is 12.1 Å². The van der Waals surface area contributed by atoms with Gasteiger partial charge in [0.05, 0.1) is 25.2 Å². The molecule has 0 saturated carbocycles. The number of amides is 1. The summed E-state index contributed by atoms with van der Waals surface area (Å²) in [6.45, 7) is 2.51. The fraction of sp³-hybridized carbons (Fsp3) is 0.294. The summed E-state index contributed by atoms with van der Waals surface area (Å²) in [5.41, 5.74) is 3.14. The lowest BCUT2D eigenvalue weighted by atomic mass is 10.0. The van der Waals surface area contributed by atoms with Crippen molar-refractivity contribution >= 4 is 12.1 Å². The number of benzene rings is 1. The number of ether oxygens (including phenoxy) is 1. The zero-order chi connectivity index (χ0) is 16.5. The summed E-state index contributed by atoms with van der Waals surface area (Å²) >= 11 is 0. The number of hydrogen-bond acceptors (Lipinski definition) is 5. The minimum Gasteiger partial charge on any atom is -0.494 e. The molecule has 2 rings (SSSR count). The second kappa shape index (κ2) is 8.75. The number of aliphatic hydroxyl groups excluding tert-OH is 1. The van der Waals surface area contributed by atoms with Crippen molar-refractivity contribution in [1.29, 1.82) is 0 Å². The van der Waals surface area contributed by atoms with Crippen LogP contribution in [0.1, 0.15) is 37.2 Å². The Bertz CT molecular complexity index is 621. The van der Waals surface area contributed by atoms with Gasteiger partial charge in [-0.3, -0.25) is 4.79 Å². The van der Waals surface area contributed by atoms with Crippen molar-refractivity contribution in [3.8, 4) is 5.75 Å². The Morgan fingerprint density at radius 3 is 2.83 bits per heavy atom. The van der Waals surface area contributed by atoms with E-state index in [1.807, 2.05) is 6.92 Å². The maximum absolute atomic E-state index is 11.7. The van der Waals surface area contributed by atoms with E-state index in [4.69, 9.17) is 9.15 Å². The molecule has 6 heteroatoms. The highest BCUT2D eigenvalue weighted by Gasteiger charge is 2.10. The molecule has 1 amide bonds. The van der Waals surface area contributed by atoms with Gasteiger partial charge in [-0.25, -0.2) is 5.43 Å². The second-order valence-corrected chi connectivity index (χ2v) is 4.87. The Labute approximate surface area is 134 Å². The van der Waals surface area contributed by atoms with E-state index in [0.717, 1.165) is 11.3 Å². The van der Waals surface area contributed by atoms with Gasteiger partial charge in [0.2, 0.25) is 5.91 Å². The highest BCUT2D eigenvalue weighted by atomic mass is 16.5. The molecule has 6 nitrogen and oxygen atoms in total. The van der Waals surface area contributed by atoms with Gasteiger partial charge < -0.3 is 14.3 Å². The zero-order valence-electron chi connectivity index (χ0n) is 12.9. The maximum atomic E-state index is 11.7. The Morgan fingerprint density at radius 1 is 1.39 bits per heavy atom. The van der Waals surface area contributed by atoms with Gasteiger partial charge in [-0.05, 0) is 43.2 Å². The third kappa shape index (κ3) is 5.60. The van der Waals surface area contributed by atoms with Gasteiger partial charge in [0.15, 0.2) is 0 Å². The molecule has 122 valence electrons. The predicted molar refractivity (Wildman–Crippen MR) is 86.2 cm³/mol. The monoisotopic (exact) mass is 316 g/mol. The smallest absolute Gasteiger partial charge is 0.240 e. The van der Waals surface area contributed by atoms with Crippen molar-refractivity contribution in [2.75, 3.05) is 6.61 Å². The summed E-state index contributed by atoms with van der Waals surface area (Å²) in [5.74, 6) is 1.05. The number of aliphatic hydroxyl groups is 1. The number of nitrogens with zero attached hydrogens (tertiary/aromatic N) is 1. The number of hydrazone groups is 1. The third-order valence-corrected chi connectivity index (χ3v) is 3.14. The SMILES string of the molecule is CCOc1ccc([C@@H](O)CCC(=O)N/N=C\c2ccco2)cc1. The van der Waals surface area contributed by atoms with E-state index in [1.54, 1.807) is 36.4 Å². The van der Waals surface area contributed by atoms with Crippen LogP contribution in [0.5, 0.6) is 5.75 Å². The molecule has 0 bridgehead atoms. The van der Waals surface area contributed by atoms with Crippen molar-refractivity contribution in [1.82, 2.24) is 5.43 Å². The highest BCUT2D eigenvalue weighted by molar-refractivity contribution is 5.80. The molecule has 23 heavy (non-hydrogen) atoms. The van der Waals surface area contributed by atoms with Gasteiger partial charge in [0.25, 0.3) is 0 Å². The Hall–Kier alpha value is -2.60. The summed E-state index contributed by atoms with van der Waals surface area (Å²) in [6.07, 6.45) is 2.72. The van der Waals surface area contributed by atoms with E-state index < -0.39 is 6.10 Å². The van der Waals surface area contributed by atoms with Gasteiger partial charge in [-0.15, -0.1) is 0 Å². The van der Waals surface area contributed by atoms with Crippen molar-refractivity contribution in [3.63, 3.8) is 0 Å². The van der Waals surface area contributed by atoms with Crippen LogP contribution in [0.25, 0.3) is 0 Å². The molecule has 0 radical (unpaired) electrons. The number of nitrogens with one attached hydrogen (secondary N) is 1. The number of rotatable bonds is 8. The zero-order valence-corrected chi connectivity index (χ0v) is 12.9. The van der Waals surface area contributed by atoms with Crippen LogP contribution in [0, 0.1) is 0 Å². The first-order valence-corrected chi connectivity index (χ1v) is 7.45. The van der Waals surface area contributed by atoms with E-state index in [-0.39, 0.29) is 12.3 Å². The molecule has 2 aromatic rings. The Kier molecular flexibility index (Phi) is 6.38. The molecule has 0 unspecified atom stereocenters. The lowest BCUT2D eigenvalue weighted by molar-refractivity contribution is -0.121. The molecule has 1 aromatic carbocycles. The standard InChI is InChI=1S/C17H20N2O4/c1-2-22-14-7-5-13(6-8-14)16(20)9-10-17(21)19-18-12-15-4-3-11-23-15/h3-8,11-12,16,20H,2,9-10H2,1H3,(H,19,21)/b18-12-/t16-/m0/s1. The largest absolute Gasteiger partial charge is 0.494 e. The molecule has 0 aliphatic rings. The molecule has 1 atom stereocenters. The van der Waals surface area contributed by atoms with Gasteiger partial charge in [-0.2, -0.15) is 5.10 Å². The van der Waals surface area contributed by atoms with Crippen molar-refractivity contribution in [2.24, 2.45) is 5.10 Å². The van der Waals surface area contributed by atoms with E-state index in [2.05, 4.69) is 10.5 Å². The van der Waals surface area contributed by atoms with Crippen LogP contribution in [0.15, 0.2) is 52.2 Å².